The summed E-state index contributed by atoms with van der Waals surface area (Å²) in [5.74, 6) is 1.02. The van der Waals surface area contributed by atoms with E-state index in [-0.39, 0.29) is 23.4 Å². The Bertz CT molecular complexity index is 253. The van der Waals surface area contributed by atoms with Gasteiger partial charge in [-0.2, -0.15) is 0 Å². The van der Waals surface area contributed by atoms with Gasteiger partial charge in [-0.05, 0) is 31.6 Å². The number of rotatable bonds is 2. The van der Waals surface area contributed by atoms with Gasteiger partial charge in [-0.1, -0.05) is 13.3 Å². The molecule has 0 saturated heterocycles. The first-order valence-corrected chi connectivity index (χ1v) is 5.75. The highest BCUT2D eigenvalue weighted by Crippen LogP contribution is 2.34. The summed E-state index contributed by atoms with van der Waals surface area (Å²) >= 11 is 0. The molecular weight excluding hydrogens is 176 g/mol. The monoisotopic (exact) mass is 194 g/mol. The van der Waals surface area contributed by atoms with Crippen LogP contribution in [0.1, 0.15) is 45.4 Å². The predicted molar refractivity (Wildman–Crippen MR) is 53.9 cm³/mol. The fourth-order valence-electron chi connectivity index (χ4n) is 2.47. The maximum atomic E-state index is 11.9. The van der Waals surface area contributed by atoms with E-state index in [9.17, 15) is 9.59 Å². The second-order valence-electron chi connectivity index (χ2n) is 4.93. The summed E-state index contributed by atoms with van der Waals surface area (Å²) in [6, 6.07) is 0. The number of hydrogen-bond acceptors (Lipinski definition) is 2. The van der Waals surface area contributed by atoms with E-state index in [1.165, 1.54) is 6.42 Å². The van der Waals surface area contributed by atoms with Crippen LogP contribution in [0.25, 0.3) is 0 Å². The summed E-state index contributed by atoms with van der Waals surface area (Å²) in [7, 11) is 0. The molecule has 78 valence electrons. The van der Waals surface area contributed by atoms with Crippen molar-refractivity contribution in [2.45, 2.75) is 45.4 Å². The van der Waals surface area contributed by atoms with E-state index in [0.717, 1.165) is 25.7 Å². The van der Waals surface area contributed by atoms with Crippen molar-refractivity contribution >= 4 is 11.6 Å². The van der Waals surface area contributed by atoms with Gasteiger partial charge in [-0.15, -0.1) is 0 Å². The number of Topliss-reactive ketones (excluding diaryl/α,β-unsaturated/α-hetero) is 2. The van der Waals surface area contributed by atoms with Crippen LogP contribution < -0.4 is 0 Å². The smallest absolute Gasteiger partial charge is 0.146 e. The third-order valence-electron chi connectivity index (χ3n) is 3.76. The van der Waals surface area contributed by atoms with Gasteiger partial charge in [0, 0.05) is 12.3 Å². The molecule has 2 aliphatic rings. The van der Waals surface area contributed by atoms with Crippen LogP contribution in [0.2, 0.25) is 0 Å². The summed E-state index contributed by atoms with van der Waals surface area (Å²) in [4.78, 5) is 23.5. The van der Waals surface area contributed by atoms with Crippen molar-refractivity contribution < 1.29 is 9.59 Å². The van der Waals surface area contributed by atoms with Crippen LogP contribution in [0, 0.1) is 17.8 Å². The first-order chi connectivity index (χ1) is 6.68. The lowest BCUT2D eigenvalue weighted by atomic mass is 9.71. The fraction of sp³-hybridized carbons (Fsp3) is 0.833. The normalized spacial score (nSPS) is 33.9. The molecule has 0 aromatic rings. The molecule has 2 unspecified atom stereocenters. The van der Waals surface area contributed by atoms with Gasteiger partial charge in [-0.25, -0.2) is 0 Å². The Balaban J connectivity index is 1.99. The van der Waals surface area contributed by atoms with Crippen molar-refractivity contribution in [3.63, 3.8) is 0 Å². The van der Waals surface area contributed by atoms with Crippen LogP contribution in [0.5, 0.6) is 0 Å². The molecule has 0 aromatic heterocycles. The molecule has 2 atom stereocenters. The van der Waals surface area contributed by atoms with Crippen LogP contribution >= 0.6 is 0 Å². The molecule has 0 amide bonds. The van der Waals surface area contributed by atoms with Crippen molar-refractivity contribution in [1.29, 1.82) is 0 Å². The molecule has 0 heterocycles. The van der Waals surface area contributed by atoms with Crippen molar-refractivity contribution in [2.75, 3.05) is 0 Å². The Labute approximate surface area is 85.1 Å². The molecule has 2 heteroatoms. The second kappa shape index (κ2) is 3.84. The molecule has 0 aliphatic heterocycles. The molecule has 2 aliphatic carbocycles. The van der Waals surface area contributed by atoms with Gasteiger partial charge in [0.25, 0.3) is 0 Å². The van der Waals surface area contributed by atoms with E-state index in [0.29, 0.717) is 12.3 Å². The van der Waals surface area contributed by atoms with E-state index in [1.54, 1.807) is 0 Å². The van der Waals surface area contributed by atoms with Crippen LogP contribution in [-0.2, 0) is 9.59 Å². The molecule has 0 aromatic carbocycles. The lowest BCUT2D eigenvalue weighted by Crippen LogP contribution is -2.36. The van der Waals surface area contributed by atoms with Gasteiger partial charge in [0.15, 0.2) is 0 Å². The maximum Gasteiger partial charge on any atom is 0.146 e. The Kier molecular flexibility index (Phi) is 2.71. The third kappa shape index (κ3) is 1.75. The van der Waals surface area contributed by atoms with Crippen LogP contribution in [-0.4, -0.2) is 11.6 Å². The van der Waals surface area contributed by atoms with Gasteiger partial charge in [0.05, 0.1) is 5.92 Å². The molecular formula is C12H18O2. The van der Waals surface area contributed by atoms with Crippen molar-refractivity contribution in [3.8, 4) is 0 Å². The Morgan fingerprint density at radius 2 is 2.00 bits per heavy atom. The third-order valence-corrected chi connectivity index (χ3v) is 3.76. The molecule has 2 saturated carbocycles. The quantitative estimate of drug-likeness (QED) is 0.632. The minimum Gasteiger partial charge on any atom is -0.299 e. The van der Waals surface area contributed by atoms with Crippen LogP contribution in [0.15, 0.2) is 0 Å². The zero-order valence-electron chi connectivity index (χ0n) is 8.79. The van der Waals surface area contributed by atoms with E-state index in [1.807, 2.05) is 0 Å². The Hall–Kier alpha value is -0.660. The maximum absolute atomic E-state index is 11.9. The lowest BCUT2D eigenvalue weighted by molar-refractivity contribution is -0.139. The van der Waals surface area contributed by atoms with Gasteiger partial charge in [0.1, 0.15) is 11.6 Å². The highest BCUT2D eigenvalue weighted by Gasteiger charge is 2.37. The average molecular weight is 194 g/mol. The molecule has 0 bridgehead atoms. The van der Waals surface area contributed by atoms with Gasteiger partial charge in [0.2, 0.25) is 0 Å². The summed E-state index contributed by atoms with van der Waals surface area (Å²) in [5.41, 5.74) is 0. The number of hydrogen-bond donors (Lipinski definition) is 0. The molecule has 0 radical (unpaired) electrons. The van der Waals surface area contributed by atoms with Crippen LogP contribution in [0.4, 0.5) is 0 Å². The van der Waals surface area contributed by atoms with Crippen molar-refractivity contribution in [1.82, 2.24) is 0 Å². The predicted octanol–water partition coefficient (Wildman–Crippen LogP) is 2.36. The SMILES string of the molecule is CC1CCC(=O)C(C(=O)C2CCC2)C1. The summed E-state index contributed by atoms with van der Waals surface area (Å²) in [5, 5.41) is 0. The fourth-order valence-corrected chi connectivity index (χ4v) is 2.47. The standard InChI is InChI=1S/C12H18O2/c1-8-5-6-11(13)10(7-8)12(14)9-3-2-4-9/h8-10H,2-7H2,1H3. The summed E-state index contributed by atoms with van der Waals surface area (Å²) in [6.45, 7) is 2.15. The van der Waals surface area contributed by atoms with Crippen molar-refractivity contribution in [3.05, 3.63) is 0 Å². The average Bonchev–Trinajstić information content (AvgIpc) is 2.06. The van der Waals surface area contributed by atoms with E-state index >= 15 is 0 Å². The van der Waals surface area contributed by atoms with E-state index in [4.69, 9.17) is 0 Å². The summed E-state index contributed by atoms with van der Waals surface area (Å²) < 4.78 is 0. The molecule has 2 fully saturated rings. The zero-order valence-corrected chi connectivity index (χ0v) is 8.79. The molecule has 2 nitrogen and oxygen atoms in total. The van der Waals surface area contributed by atoms with Crippen LogP contribution in [0.3, 0.4) is 0 Å². The molecule has 14 heavy (non-hydrogen) atoms. The Morgan fingerprint density at radius 3 is 2.57 bits per heavy atom. The minimum absolute atomic E-state index is 0.208. The van der Waals surface area contributed by atoms with Gasteiger partial charge >= 0.3 is 0 Å². The molecule has 2 rings (SSSR count). The minimum atomic E-state index is -0.232. The van der Waals surface area contributed by atoms with E-state index < -0.39 is 0 Å². The number of carbonyl (C=O) groups is 2. The first-order valence-electron chi connectivity index (χ1n) is 5.75. The molecule has 0 N–H and O–H groups in total. The highest BCUT2D eigenvalue weighted by molar-refractivity contribution is 6.03. The van der Waals surface area contributed by atoms with Gasteiger partial charge < -0.3 is 0 Å². The molecule has 0 spiro atoms. The topological polar surface area (TPSA) is 34.1 Å². The van der Waals surface area contributed by atoms with E-state index in [2.05, 4.69) is 6.92 Å². The lowest BCUT2D eigenvalue weighted by Gasteiger charge is -2.31. The summed E-state index contributed by atoms with van der Waals surface area (Å²) in [6.07, 6.45) is 5.65. The largest absolute Gasteiger partial charge is 0.299 e. The zero-order chi connectivity index (χ0) is 10.1. The van der Waals surface area contributed by atoms with Gasteiger partial charge in [-0.3, -0.25) is 9.59 Å². The number of carbonyl (C=O) groups excluding carboxylic acids is 2. The van der Waals surface area contributed by atoms with Crippen molar-refractivity contribution in [2.24, 2.45) is 17.8 Å². The highest BCUT2D eigenvalue weighted by atomic mass is 16.2. The first kappa shape index (κ1) is 9.88. The Morgan fingerprint density at radius 1 is 1.29 bits per heavy atom. The number of ketones is 2. The second-order valence-corrected chi connectivity index (χ2v) is 4.93.